The summed E-state index contributed by atoms with van der Waals surface area (Å²) in [5.41, 5.74) is 0. The number of hydrogen-bond donors (Lipinski definition) is 2. The van der Waals surface area contributed by atoms with E-state index >= 15 is 0 Å². The third-order valence-corrected chi connectivity index (χ3v) is 1.97. The molecular formula is C5H7NO2. The van der Waals surface area contributed by atoms with Crippen molar-refractivity contribution < 1.29 is 9.90 Å². The predicted molar refractivity (Wildman–Crippen MR) is 26.0 cm³/mol. The number of β-lactam (4-membered cyclic amide) rings is 1. The highest BCUT2D eigenvalue weighted by Crippen LogP contribution is 2.34. The molecule has 0 aromatic carbocycles. The Morgan fingerprint density at radius 3 is 2.75 bits per heavy atom. The van der Waals surface area contributed by atoms with Crippen molar-refractivity contribution in [3.8, 4) is 0 Å². The molecule has 0 bridgehead atoms. The number of rotatable bonds is 0. The number of aliphatic hydroxyl groups excluding tert-OH is 1. The summed E-state index contributed by atoms with van der Waals surface area (Å²) in [6, 6.07) is 0.317. The molecule has 2 rings (SSSR count). The van der Waals surface area contributed by atoms with Gasteiger partial charge < -0.3 is 10.4 Å². The van der Waals surface area contributed by atoms with Crippen molar-refractivity contribution in [3.05, 3.63) is 0 Å². The third-order valence-electron chi connectivity index (χ3n) is 1.97. The van der Waals surface area contributed by atoms with Gasteiger partial charge in [-0.2, -0.15) is 0 Å². The van der Waals surface area contributed by atoms with Crippen LogP contribution in [0.5, 0.6) is 0 Å². The minimum atomic E-state index is -0.339. The number of nitrogens with one attached hydrogen (secondary N) is 1. The van der Waals surface area contributed by atoms with Crippen LogP contribution < -0.4 is 5.32 Å². The Kier molecular flexibility index (Phi) is 0.568. The first kappa shape index (κ1) is 4.32. The minimum Gasteiger partial charge on any atom is -0.392 e. The number of piperidine rings is 1. The van der Waals surface area contributed by atoms with E-state index < -0.39 is 0 Å². The molecule has 0 radical (unpaired) electrons. The molecule has 44 valence electrons. The van der Waals surface area contributed by atoms with Gasteiger partial charge in [0.05, 0.1) is 12.0 Å². The van der Waals surface area contributed by atoms with Crippen molar-refractivity contribution in [2.45, 2.75) is 18.6 Å². The smallest absolute Gasteiger partial charge is 0.228 e. The molecule has 1 saturated heterocycles. The fraction of sp³-hybridized carbons (Fsp3) is 0.800. The summed E-state index contributed by atoms with van der Waals surface area (Å²) in [4.78, 5) is 10.4. The van der Waals surface area contributed by atoms with Crippen molar-refractivity contribution in [2.24, 2.45) is 5.92 Å². The van der Waals surface area contributed by atoms with Crippen molar-refractivity contribution in [2.75, 3.05) is 0 Å². The van der Waals surface area contributed by atoms with Crippen molar-refractivity contribution >= 4 is 5.91 Å². The SMILES string of the molecule is O=C1N[C@@H]2C[C@H](O)[C@H]12. The van der Waals surface area contributed by atoms with Crippen molar-refractivity contribution in [1.29, 1.82) is 0 Å². The minimum absolute atomic E-state index is 0.0220. The molecule has 1 amide bonds. The molecule has 0 aromatic heterocycles. The lowest BCUT2D eigenvalue weighted by Crippen LogP contribution is -2.70. The van der Waals surface area contributed by atoms with E-state index in [9.17, 15) is 4.79 Å². The fourth-order valence-electron chi connectivity index (χ4n) is 1.31. The van der Waals surface area contributed by atoms with Gasteiger partial charge in [-0.3, -0.25) is 4.79 Å². The highest BCUT2D eigenvalue weighted by molar-refractivity contribution is 5.88. The van der Waals surface area contributed by atoms with Gasteiger partial charge in [0.1, 0.15) is 0 Å². The topological polar surface area (TPSA) is 49.3 Å². The highest BCUT2D eigenvalue weighted by Gasteiger charge is 2.53. The zero-order chi connectivity index (χ0) is 5.72. The lowest BCUT2D eigenvalue weighted by molar-refractivity contribution is -0.155. The zero-order valence-electron chi connectivity index (χ0n) is 4.29. The number of hydrogen-bond acceptors (Lipinski definition) is 2. The van der Waals surface area contributed by atoms with Crippen LogP contribution in [0, 0.1) is 5.92 Å². The second-order valence-electron chi connectivity index (χ2n) is 2.44. The molecule has 3 heteroatoms. The predicted octanol–water partition coefficient (Wildman–Crippen LogP) is -1.13. The summed E-state index contributed by atoms with van der Waals surface area (Å²) in [7, 11) is 0. The largest absolute Gasteiger partial charge is 0.392 e. The summed E-state index contributed by atoms with van der Waals surface area (Å²) < 4.78 is 0. The van der Waals surface area contributed by atoms with Gasteiger partial charge in [0, 0.05) is 6.04 Å². The maximum Gasteiger partial charge on any atom is 0.228 e. The van der Waals surface area contributed by atoms with Crippen LogP contribution in [0.3, 0.4) is 0 Å². The summed E-state index contributed by atoms with van der Waals surface area (Å²) in [5.74, 6) is -0.0243. The Morgan fingerprint density at radius 1 is 1.75 bits per heavy atom. The van der Waals surface area contributed by atoms with Crippen LogP contribution in [-0.4, -0.2) is 23.2 Å². The molecule has 1 saturated carbocycles. The van der Waals surface area contributed by atoms with E-state index in [2.05, 4.69) is 5.32 Å². The number of amides is 1. The summed E-state index contributed by atoms with van der Waals surface area (Å²) in [6.07, 6.45) is 0.421. The normalized spacial score (nSPS) is 50.6. The number of aliphatic hydroxyl groups is 1. The molecule has 1 aliphatic carbocycles. The number of carbonyl (C=O) groups is 1. The molecule has 3 atom stereocenters. The monoisotopic (exact) mass is 113 g/mol. The van der Waals surface area contributed by atoms with Gasteiger partial charge in [-0.1, -0.05) is 0 Å². The van der Waals surface area contributed by atoms with Crippen LogP contribution in [0.25, 0.3) is 0 Å². The Labute approximate surface area is 46.7 Å². The number of fused-ring (bicyclic) bond motifs is 1. The Balaban J connectivity index is 2.09. The van der Waals surface area contributed by atoms with Crippen LogP contribution in [0.1, 0.15) is 6.42 Å². The van der Waals surface area contributed by atoms with E-state index in [1.165, 1.54) is 0 Å². The van der Waals surface area contributed by atoms with Crippen molar-refractivity contribution in [3.63, 3.8) is 0 Å². The molecule has 2 N–H and O–H groups in total. The van der Waals surface area contributed by atoms with E-state index in [0.717, 1.165) is 6.42 Å². The Morgan fingerprint density at radius 2 is 2.50 bits per heavy atom. The van der Waals surface area contributed by atoms with E-state index in [1.807, 2.05) is 0 Å². The van der Waals surface area contributed by atoms with Crippen LogP contribution >= 0.6 is 0 Å². The molecule has 0 spiro atoms. The van der Waals surface area contributed by atoms with Crippen LogP contribution in [0.4, 0.5) is 0 Å². The average molecular weight is 113 g/mol. The Hall–Kier alpha value is -0.570. The van der Waals surface area contributed by atoms with E-state index in [1.54, 1.807) is 0 Å². The first-order valence-corrected chi connectivity index (χ1v) is 2.77. The molecule has 3 nitrogen and oxygen atoms in total. The number of carbonyl (C=O) groups excluding carboxylic acids is 1. The van der Waals surface area contributed by atoms with Gasteiger partial charge >= 0.3 is 0 Å². The molecule has 8 heavy (non-hydrogen) atoms. The quantitative estimate of drug-likeness (QED) is 0.390. The van der Waals surface area contributed by atoms with E-state index in [-0.39, 0.29) is 17.9 Å². The standard InChI is InChI=1S/C5H7NO2/c7-3-1-2-4(3)5(8)6-2/h2-4,7H,1H2,(H,6,8)/t2-,3+,4-/m1/s1. The van der Waals surface area contributed by atoms with Gasteiger partial charge in [0.25, 0.3) is 0 Å². The molecule has 2 fully saturated rings. The second kappa shape index (κ2) is 1.05. The first-order valence-electron chi connectivity index (χ1n) is 2.77. The van der Waals surface area contributed by atoms with Gasteiger partial charge in [-0.15, -0.1) is 0 Å². The Bertz CT molecular complexity index is 141. The van der Waals surface area contributed by atoms with Gasteiger partial charge in [-0.25, -0.2) is 0 Å². The maximum atomic E-state index is 10.4. The van der Waals surface area contributed by atoms with Crippen LogP contribution in [-0.2, 0) is 4.79 Å². The van der Waals surface area contributed by atoms with Crippen molar-refractivity contribution in [1.82, 2.24) is 5.32 Å². The summed E-state index contributed by atoms with van der Waals surface area (Å²) in [5, 5.41) is 11.5. The van der Waals surface area contributed by atoms with Gasteiger partial charge in [0.15, 0.2) is 0 Å². The highest BCUT2D eigenvalue weighted by atomic mass is 16.3. The zero-order valence-corrected chi connectivity index (χ0v) is 4.29. The third kappa shape index (κ3) is 0.282. The van der Waals surface area contributed by atoms with Crippen LogP contribution in [0.15, 0.2) is 0 Å². The molecule has 1 heterocycles. The molecule has 1 aliphatic heterocycles. The van der Waals surface area contributed by atoms with E-state index in [0.29, 0.717) is 6.04 Å². The lowest BCUT2D eigenvalue weighted by Gasteiger charge is -2.49. The molecule has 0 aromatic rings. The first-order chi connectivity index (χ1) is 3.79. The van der Waals surface area contributed by atoms with E-state index in [4.69, 9.17) is 5.11 Å². The van der Waals surface area contributed by atoms with Crippen LogP contribution in [0.2, 0.25) is 0 Å². The summed E-state index contributed by atoms with van der Waals surface area (Å²) >= 11 is 0. The fourth-order valence-corrected chi connectivity index (χ4v) is 1.31. The summed E-state index contributed by atoms with van der Waals surface area (Å²) in [6.45, 7) is 0. The van der Waals surface area contributed by atoms with Gasteiger partial charge in [0.2, 0.25) is 5.91 Å². The maximum absolute atomic E-state index is 10.4. The lowest BCUT2D eigenvalue weighted by atomic mass is 9.70. The molecular weight excluding hydrogens is 106 g/mol. The van der Waals surface area contributed by atoms with Gasteiger partial charge in [-0.05, 0) is 6.42 Å². The molecule has 2 aliphatic rings. The second-order valence-corrected chi connectivity index (χ2v) is 2.44. The average Bonchev–Trinajstić information content (AvgIpc) is 1.63. The molecule has 0 unspecified atom stereocenters.